The van der Waals surface area contributed by atoms with Gasteiger partial charge < -0.3 is 18.9 Å². The molecule has 36 heavy (non-hydrogen) atoms. The number of aromatic nitrogens is 4. The highest BCUT2D eigenvalue weighted by molar-refractivity contribution is 7.99. The van der Waals surface area contributed by atoms with E-state index in [0.717, 1.165) is 50.1 Å². The van der Waals surface area contributed by atoms with Crippen LogP contribution < -0.4 is 4.90 Å². The Balaban J connectivity index is 1.22. The predicted octanol–water partition coefficient (Wildman–Crippen LogP) is 3.89. The average molecular weight is 501 g/mol. The molecule has 2 aromatic carbocycles. The fourth-order valence-electron chi connectivity index (χ4n) is 4.58. The number of carbonyl (C=O) groups excluding carboxylic acids is 1. The highest BCUT2D eigenvalue weighted by Crippen LogP contribution is 2.22. The van der Waals surface area contributed by atoms with Crippen molar-refractivity contribution < 1.29 is 4.79 Å². The van der Waals surface area contributed by atoms with E-state index in [4.69, 9.17) is 0 Å². The van der Waals surface area contributed by atoms with E-state index in [0.29, 0.717) is 12.2 Å². The number of aryl methyl sites for hydroxylation is 2. The van der Waals surface area contributed by atoms with Crippen molar-refractivity contribution in [3.63, 3.8) is 0 Å². The number of amides is 1. The molecule has 1 aliphatic rings. The Bertz CT molecular complexity index is 1260. The molecule has 186 valence electrons. The van der Waals surface area contributed by atoms with E-state index < -0.39 is 0 Å². The number of rotatable bonds is 9. The van der Waals surface area contributed by atoms with Gasteiger partial charge in [0.25, 0.3) is 0 Å². The third-order valence-corrected chi connectivity index (χ3v) is 7.68. The zero-order valence-electron chi connectivity index (χ0n) is 20.7. The maximum atomic E-state index is 13.0. The first-order chi connectivity index (χ1) is 17.7. The van der Waals surface area contributed by atoms with Gasteiger partial charge in [-0.15, -0.1) is 10.2 Å². The molecule has 0 unspecified atom stereocenters. The summed E-state index contributed by atoms with van der Waals surface area (Å²) < 4.78 is 4.30. The normalized spacial score (nSPS) is 13.8. The minimum absolute atomic E-state index is 0.161. The molecule has 0 spiro atoms. The van der Waals surface area contributed by atoms with E-state index in [2.05, 4.69) is 78.8 Å². The molecule has 8 heteroatoms. The molecule has 7 nitrogen and oxygen atoms in total. The predicted molar refractivity (Wildman–Crippen MR) is 144 cm³/mol. The Morgan fingerprint density at radius 2 is 1.61 bits per heavy atom. The van der Waals surface area contributed by atoms with E-state index in [9.17, 15) is 4.79 Å². The van der Waals surface area contributed by atoms with E-state index in [-0.39, 0.29) is 5.91 Å². The monoisotopic (exact) mass is 500 g/mol. The third kappa shape index (κ3) is 5.82. The molecule has 3 heterocycles. The lowest BCUT2D eigenvalue weighted by molar-refractivity contribution is -0.128. The summed E-state index contributed by atoms with van der Waals surface area (Å²) in [6, 6.07) is 25.0. The second-order valence-electron chi connectivity index (χ2n) is 9.07. The highest BCUT2D eigenvalue weighted by Gasteiger charge is 2.22. The average Bonchev–Trinajstić information content (AvgIpc) is 3.52. The molecule has 1 fully saturated rings. The molecule has 4 aromatic rings. The Morgan fingerprint density at radius 1 is 0.889 bits per heavy atom. The van der Waals surface area contributed by atoms with E-state index in [1.54, 1.807) is 0 Å². The molecule has 1 aliphatic heterocycles. The van der Waals surface area contributed by atoms with Crippen molar-refractivity contribution in [3.05, 3.63) is 96.1 Å². The standard InChI is InChI=1S/C28H32N6OS/c1-31-15-8-13-25(31)21-26-29-30-28(34(26)16-14-23-9-4-2-5-10-23)36-22-27(35)33-19-17-32(18-20-33)24-11-6-3-7-12-24/h2-13,15H,14,16-22H2,1H3. The third-order valence-electron chi connectivity index (χ3n) is 6.73. The number of carbonyl (C=O) groups is 1. The number of hydrogen-bond donors (Lipinski definition) is 0. The summed E-state index contributed by atoms with van der Waals surface area (Å²) in [5.74, 6) is 1.47. The minimum Gasteiger partial charge on any atom is -0.368 e. The van der Waals surface area contributed by atoms with Crippen LogP contribution in [0.15, 0.2) is 84.1 Å². The van der Waals surface area contributed by atoms with Crippen molar-refractivity contribution in [2.45, 2.75) is 24.5 Å². The van der Waals surface area contributed by atoms with Gasteiger partial charge in [0.1, 0.15) is 5.82 Å². The Labute approximate surface area is 216 Å². The van der Waals surface area contributed by atoms with Crippen LogP contribution in [-0.4, -0.2) is 62.1 Å². The van der Waals surface area contributed by atoms with Crippen LogP contribution in [0.1, 0.15) is 17.1 Å². The number of anilines is 1. The summed E-state index contributed by atoms with van der Waals surface area (Å²) in [5.41, 5.74) is 3.68. The smallest absolute Gasteiger partial charge is 0.233 e. The molecule has 1 saturated heterocycles. The van der Waals surface area contributed by atoms with Gasteiger partial charge in [-0.3, -0.25) is 4.79 Å². The Kier molecular flexibility index (Phi) is 7.71. The number of benzene rings is 2. The van der Waals surface area contributed by atoms with Crippen LogP contribution in [0, 0.1) is 0 Å². The second-order valence-corrected chi connectivity index (χ2v) is 10.0. The lowest BCUT2D eigenvalue weighted by Gasteiger charge is -2.36. The molecule has 0 bridgehead atoms. The van der Waals surface area contributed by atoms with Crippen LogP contribution in [0.5, 0.6) is 0 Å². The highest BCUT2D eigenvalue weighted by atomic mass is 32.2. The summed E-state index contributed by atoms with van der Waals surface area (Å²) >= 11 is 1.50. The number of nitrogens with zero attached hydrogens (tertiary/aromatic N) is 6. The van der Waals surface area contributed by atoms with Gasteiger partial charge in [0, 0.05) is 63.8 Å². The van der Waals surface area contributed by atoms with Gasteiger partial charge in [-0.2, -0.15) is 0 Å². The van der Waals surface area contributed by atoms with Crippen molar-refractivity contribution in [1.29, 1.82) is 0 Å². The number of thioether (sulfide) groups is 1. The topological polar surface area (TPSA) is 59.2 Å². The molecule has 0 aliphatic carbocycles. The summed E-state index contributed by atoms with van der Waals surface area (Å²) in [6.07, 6.45) is 3.65. The maximum Gasteiger partial charge on any atom is 0.233 e. The lowest BCUT2D eigenvalue weighted by atomic mass is 10.1. The van der Waals surface area contributed by atoms with E-state index in [1.807, 2.05) is 36.3 Å². The zero-order valence-corrected chi connectivity index (χ0v) is 21.5. The van der Waals surface area contributed by atoms with Crippen LogP contribution in [0.3, 0.4) is 0 Å². The summed E-state index contributed by atoms with van der Waals surface area (Å²) in [7, 11) is 2.05. The minimum atomic E-state index is 0.161. The molecule has 0 atom stereocenters. The van der Waals surface area contributed by atoms with Gasteiger partial charge in [-0.1, -0.05) is 60.3 Å². The van der Waals surface area contributed by atoms with E-state index in [1.165, 1.54) is 28.7 Å². The largest absolute Gasteiger partial charge is 0.368 e. The van der Waals surface area contributed by atoms with Crippen molar-refractivity contribution >= 4 is 23.4 Å². The number of piperazine rings is 1. The van der Waals surface area contributed by atoms with Gasteiger partial charge in [0.2, 0.25) is 5.91 Å². The molecule has 0 saturated carbocycles. The van der Waals surface area contributed by atoms with Crippen molar-refractivity contribution in [2.24, 2.45) is 7.05 Å². The van der Waals surface area contributed by atoms with Crippen molar-refractivity contribution in [2.75, 3.05) is 36.8 Å². The van der Waals surface area contributed by atoms with Crippen molar-refractivity contribution in [1.82, 2.24) is 24.2 Å². The van der Waals surface area contributed by atoms with Crippen LogP contribution in [0.25, 0.3) is 0 Å². The van der Waals surface area contributed by atoms with Gasteiger partial charge in [0.05, 0.1) is 5.75 Å². The van der Waals surface area contributed by atoms with Gasteiger partial charge in [0.15, 0.2) is 5.16 Å². The van der Waals surface area contributed by atoms with Gasteiger partial charge >= 0.3 is 0 Å². The first-order valence-electron chi connectivity index (χ1n) is 12.4. The lowest BCUT2D eigenvalue weighted by Crippen LogP contribution is -2.49. The van der Waals surface area contributed by atoms with Crippen LogP contribution in [0.4, 0.5) is 5.69 Å². The number of hydrogen-bond acceptors (Lipinski definition) is 5. The number of para-hydroxylation sites is 1. The second kappa shape index (κ2) is 11.5. The molecular weight excluding hydrogens is 468 g/mol. The molecular formula is C28H32N6OS. The van der Waals surface area contributed by atoms with E-state index >= 15 is 0 Å². The Morgan fingerprint density at radius 3 is 2.31 bits per heavy atom. The Hall–Kier alpha value is -3.52. The molecule has 5 rings (SSSR count). The fourth-order valence-corrected chi connectivity index (χ4v) is 5.47. The maximum absolute atomic E-state index is 13.0. The summed E-state index contributed by atoms with van der Waals surface area (Å²) in [6.45, 7) is 3.98. The van der Waals surface area contributed by atoms with Crippen LogP contribution in [-0.2, 0) is 31.2 Å². The molecule has 2 aromatic heterocycles. The zero-order chi connectivity index (χ0) is 24.7. The van der Waals surface area contributed by atoms with Gasteiger partial charge in [-0.25, -0.2) is 0 Å². The van der Waals surface area contributed by atoms with Crippen LogP contribution >= 0.6 is 11.8 Å². The van der Waals surface area contributed by atoms with Gasteiger partial charge in [-0.05, 0) is 36.2 Å². The fraction of sp³-hybridized carbons (Fsp3) is 0.321. The summed E-state index contributed by atoms with van der Waals surface area (Å²) in [4.78, 5) is 17.4. The molecule has 0 N–H and O–H groups in total. The quantitative estimate of drug-likeness (QED) is 0.327. The first-order valence-corrected chi connectivity index (χ1v) is 13.4. The molecule has 1 amide bonds. The van der Waals surface area contributed by atoms with Crippen LogP contribution in [0.2, 0.25) is 0 Å². The SMILES string of the molecule is Cn1cccc1Cc1nnc(SCC(=O)N2CCN(c3ccccc3)CC2)n1CCc1ccccc1. The van der Waals surface area contributed by atoms with Crippen molar-refractivity contribution in [3.8, 4) is 0 Å². The molecule has 0 radical (unpaired) electrons. The summed E-state index contributed by atoms with van der Waals surface area (Å²) in [5, 5.41) is 9.83. The first kappa shape index (κ1) is 24.2.